The average molecular weight is 292 g/mol. The van der Waals surface area contributed by atoms with E-state index in [9.17, 15) is 0 Å². The Morgan fingerprint density at radius 1 is 0.955 bits per heavy atom. The molecule has 22 heavy (non-hydrogen) atoms. The summed E-state index contributed by atoms with van der Waals surface area (Å²) < 4.78 is 11.7. The van der Waals surface area contributed by atoms with Crippen LogP contribution in [0.2, 0.25) is 0 Å². The molecule has 0 fully saturated rings. The van der Waals surface area contributed by atoms with E-state index in [0.717, 1.165) is 29.1 Å². The Morgan fingerprint density at radius 2 is 1.64 bits per heavy atom. The van der Waals surface area contributed by atoms with Gasteiger partial charge in [0.15, 0.2) is 5.60 Å². The van der Waals surface area contributed by atoms with E-state index in [2.05, 4.69) is 43.3 Å². The Balaban J connectivity index is 2.11. The molecule has 2 heteroatoms. The number of hydrogen-bond acceptors (Lipinski definition) is 2. The molecule has 1 atom stereocenters. The lowest BCUT2D eigenvalue weighted by Crippen LogP contribution is -2.30. The molecule has 112 valence electrons. The normalized spacial score (nSPS) is 20.2. The molecule has 0 aromatic heterocycles. The fourth-order valence-electron chi connectivity index (χ4n) is 2.76. The molecule has 1 unspecified atom stereocenters. The second kappa shape index (κ2) is 6.10. The molecule has 2 aromatic carbocycles. The van der Waals surface area contributed by atoms with Crippen LogP contribution in [0.3, 0.4) is 0 Å². The van der Waals surface area contributed by atoms with Crippen LogP contribution in [0, 0.1) is 0 Å². The summed E-state index contributed by atoms with van der Waals surface area (Å²) in [6, 6.07) is 18.4. The van der Waals surface area contributed by atoms with Gasteiger partial charge in [-0.05, 0) is 24.3 Å². The Morgan fingerprint density at radius 3 is 2.27 bits per heavy atom. The van der Waals surface area contributed by atoms with Gasteiger partial charge in [-0.1, -0.05) is 55.5 Å². The number of ether oxygens (including phenoxy) is 2. The van der Waals surface area contributed by atoms with Gasteiger partial charge >= 0.3 is 0 Å². The molecule has 1 heterocycles. The minimum Gasteiger partial charge on any atom is -0.497 e. The first-order chi connectivity index (χ1) is 10.8. The molecule has 0 spiro atoms. The van der Waals surface area contributed by atoms with Gasteiger partial charge in [0, 0.05) is 17.5 Å². The molecule has 0 aliphatic carbocycles. The summed E-state index contributed by atoms with van der Waals surface area (Å²) in [6.45, 7) is 2.11. The van der Waals surface area contributed by atoms with Crippen LogP contribution in [0.4, 0.5) is 0 Å². The van der Waals surface area contributed by atoms with Crippen LogP contribution in [-0.4, -0.2) is 7.11 Å². The summed E-state index contributed by atoms with van der Waals surface area (Å²) >= 11 is 0. The maximum absolute atomic E-state index is 6.40. The largest absolute Gasteiger partial charge is 0.497 e. The highest BCUT2D eigenvalue weighted by Gasteiger charge is 2.35. The smallest absolute Gasteiger partial charge is 0.177 e. The van der Waals surface area contributed by atoms with Crippen LogP contribution in [0.1, 0.15) is 24.5 Å². The van der Waals surface area contributed by atoms with E-state index in [1.54, 1.807) is 7.11 Å². The fraction of sp³-hybridized carbons (Fsp3) is 0.200. The monoisotopic (exact) mass is 292 g/mol. The zero-order valence-corrected chi connectivity index (χ0v) is 13.0. The van der Waals surface area contributed by atoms with Crippen molar-refractivity contribution in [3.8, 4) is 5.75 Å². The summed E-state index contributed by atoms with van der Waals surface area (Å²) in [7, 11) is 1.68. The van der Waals surface area contributed by atoms with Crippen LogP contribution in [0.25, 0.3) is 0 Å². The Kier molecular flexibility index (Phi) is 4.01. The third-order valence-corrected chi connectivity index (χ3v) is 3.98. The predicted octanol–water partition coefficient (Wildman–Crippen LogP) is 4.82. The standard InChI is InChI=1S/C20H20O2/c1-3-18-10-7-15-20(22-18,16-8-5-4-6-9-16)17-11-13-19(21-2)14-12-17/h4-15H,3H2,1-2H3. The van der Waals surface area contributed by atoms with Crippen LogP contribution in [-0.2, 0) is 10.3 Å². The number of rotatable bonds is 4. The maximum Gasteiger partial charge on any atom is 0.177 e. The van der Waals surface area contributed by atoms with Crippen molar-refractivity contribution >= 4 is 0 Å². The van der Waals surface area contributed by atoms with Crippen LogP contribution in [0.5, 0.6) is 5.75 Å². The Bertz CT molecular complexity index is 683. The summed E-state index contributed by atoms with van der Waals surface area (Å²) in [5, 5.41) is 0. The zero-order valence-electron chi connectivity index (χ0n) is 13.0. The Labute approximate surface area is 131 Å². The number of benzene rings is 2. The Hall–Kier alpha value is -2.48. The van der Waals surface area contributed by atoms with E-state index in [0.29, 0.717) is 0 Å². The van der Waals surface area contributed by atoms with Gasteiger partial charge in [-0.15, -0.1) is 0 Å². The molecule has 3 rings (SSSR count). The lowest BCUT2D eigenvalue weighted by atomic mass is 9.84. The molecule has 0 saturated heterocycles. The first-order valence-electron chi connectivity index (χ1n) is 7.56. The second-order valence-corrected chi connectivity index (χ2v) is 5.28. The summed E-state index contributed by atoms with van der Waals surface area (Å²) in [5.74, 6) is 1.83. The summed E-state index contributed by atoms with van der Waals surface area (Å²) in [5.41, 5.74) is 1.64. The molecule has 1 aliphatic rings. The van der Waals surface area contributed by atoms with Gasteiger partial charge in [-0.3, -0.25) is 0 Å². The van der Waals surface area contributed by atoms with Crippen molar-refractivity contribution < 1.29 is 9.47 Å². The zero-order chi connectivity index (χ0) is 15.4. The molecular weight excluding hydrogens is 272 g/mol. The molecule has 0 N–H and O–H groups in total. The van der Waals surface area contributed by atoms with Gasteiger partial charge in [0.2, 0.25) is 0 Å². The van der Waals surface area contributed by atoms with Crippen LogP contribution in [0.15, 0.2) is 78.6 Å². The highest BCUT2D eigenvalue weighted by molar-refractivity contribution is 5.45. The van der Waals surface area contributed by atoms with E-state index in [1.807, 2.05) is 36.4 Å². The molecule has 0 amide bonds. The van der Waals surface area contributed by atoms with Crippen molar-refractivity contribution in [2.75, 3.05) is 7.11 Å². The van der Waals surface area contributed by atoms with E-state index < -0.39 is 5.60 Å². The van der Waals surface area contributed by atoms with Crippen molar-refractivity contribution in [1.82, 2.24) is 0 Å². The molecule has 2 aromatic rings. The highest BCUT2D eigenvalue weighted by Crippen LogP contribution is 2.40. The van der Waals surface area contributed by atoms with E-state index in [-0.39, 0.29) is 0 Å². The quantitative estimate of drug-likeness (QED) is 0.804. The van der Waals surface area contributed by atoms with Crippen LogP contribution >= 0.6 is 0 Å². The van der Waals surface area contributed by atoms with Crippen molar-refractivity contribution in [2.24, 2.45) is 0 Å². The maximum atomic E-state index is 6.40. The van der Waals surface area contributed by atoms with Crippen molar-refractivity contribution in [3.05, 3.63) is 89.7 Å². The van der Waals surface area contributed by atoms with Gasteiger partial charge in [0.05, 0.1) is 12.9 Å². The molecule has 0 bridgehead atoms. The third-order valence-electron chi connectivity index (χ3n) is 3.98. The molecule has 2 nitrogen and oxygen atoms in total. The average Bonchev–Trinajstić information content (AvgIpc) is 2.62. The highest BCUT2D eigenvalue weighted by atomic mass is 16.5. The lowest BCUT2D eigenvalue weighted by Gasteiger charge is -2.35. The van der Waals surface area contributed by atoms with Crippen molar-refractivity contribution in [1.29, 1.82) is 0 Å². The van der Waals surface area contributed by atoms with Gasteiger partial charge in [-0.25, -0.2) is 0 Å². The number of allylic oxidation sites excluding steroid dienone is 3. The predicted molar refractivity (Wildman–Crippen MR) is 88.8 cm³/mol. The lowest BCUT2D eigenvalue weighted by molar-refractivity contribution is 0.0701. The first-order valence-corrected chi connectivity index (χ1v) is 7.56. The minimum absolute atomic E-state index is 0.576. The van der Waals surface area contributed by atoms with Gasteiger partial charge < -0.3 is 9.47 Å². The molecule has 1 aliphatic heterocycles. The fourth-order valence-corrected chi connectivity index (χ4v) is 2.76. The van der Waals surface area contributed by atoms with E-state index >= 15 is 0 Å². The van der Waals surface area contributed by atoms with Gasteiger partial charge in [-0.2, -0.15) is 0 Å². The molecule has 0 saturated carbocycles. The molecule has 0 radical (unpaired) electrons. The van der Waals surface area contributed by atoms with Gasteiger partial charge in [0.25, 0.3) is 0 Å². The van der Waals surface area contributed by atoms with E-state index in [4.69, 9.17) is 9.47 Å². The number of methoxy groups -OCH3 is 1. The summed E-state index contributed by atoms with van der Waals surface area (Å²) in [4.78, 5) is 0. The topological polar surface area (TPSA) is 18.5 Å². The third kappa shape index (κ3) is 2.52. The second-order valence-electron chi connectivity index (χ2n) is 5.28. The van der Waals surface area contributed by atoms with Crippen molar-refractivity contribution in [2.45, 2.75) is 18.9 Å². The number of hydrogen-bond donors (Lipinski definition) is 0. The summed E-state index contributed by atoms with van der Waals surface area (Å²) in [6.07, 6.45) is 7.10. The van der Waals surface area contributed by atoms with Crippen LogP contribution < -0.4 is 4.74 Å². The SMILES string of the molecule is CCC1=CC=CC(c2ccccc2)(c2ccc(OC)cc2)O1. The van der Waals surface area contributed by atoms with Gasteiger partial charge in [0.1, 0.15) is 5.75 Å². The minimum atomic E-state index is -0.576. The van der Waals surface area contributed by atoms with E-state index in [1.165, 1.54) is 0 Å². The van der Waals surface area contributed by atoms with Crippen molar-refractivity contribution in [3.63, 3.8) is 0 Å². The molecular formula is C20H20O2. The first kappa shape index (κ1) is 14.5.